The fourth-order valence-corrected chi connectivity index (χ4v) is 1.70. The van der Waals surface area contributed by atoms with Gasteiger partial charge in [-0.25, -0.2) is 0 Å². The third kappa shape index (κ3) is 4.36. The summed E-state index contributed by atoms with van der Waals surface area (Å²) >= 11 is 3.37. The molecule has 0 bridgehead atoms. The number of rotatable bonds is 5. The fourth-order valence-electron chi connectivity index (χ4n) is 1.36. The van der Waals surface area contributed by atoms with Crippen LogP contribution in [0.5, 0.6) is 5.75 Å². The number of esters is 1. The van der Waals surface area contributed by atoms with E-state index in [2.05, 4.69) is 20.7 Å². The molecule has 1 aromatic carbocycles. The van der Waals surface area contributed by atoms with E-state index in [9.17, 15) is 4.79 Å². The summed E-state index contributed by atoms with van der Waals surface area (Å²) in [6.45, 7) is 2.17. The molecule has 0 saturated carbocycles. The van der Waals surface area contributed by atoms with Crippen LogP contribution in [-0.2, 0) is 9.53 Å². The monoisotopic (exact) mass is 301 g/mol. The van der Waals surface area contributed by atoms with Crippen molar-refractivity contribution in [2.45, 2.75) is 19.4 Å². The van der Waals surface area contributed by atoms with Gasteiger partial charge in [0.05, 0.1) is 20.1 Å². The van der Waals surface area contributed by atoms with Crippen molar-refractivity contribution in [2.75, 3.05) is 13.7 Å². The molecule has 0 radical (unpaired) electrons. The molecule has 0 saturated heterocycles. The van der Waals surface area contributed by atoms with Crippen molar-refractivity contribution in [3.05, 3.63) is 28.2 Å². The van der Waals surface area contributed by atoms with Gasteiger partial charge >= 0.3 is 5.97 Å². The zero-order valence-corrected chi connectivity index (χ0v) is 11.5. The van der Waals surface area contributed by atoms with Crippen LogP contribution in [0.4, 0.5) is 0 Å². The van der Waals surface area contributed by atoms with Gasteiger partial charge in [0.15, 0.2) is 0 Å². The molecular formula is C12H16BrNO3. The molecule has 0 aliphatic rings. The lowest BCUT2D eigenvalue weighted by Gasteiger charge is -2.14. The first-order valence-corrected chi connectivity index (χ1v) is 6.08. The number of carbonyl (C=O) groups is 1. The molecule has 0 spiro atoms. The van der Waals surface area contributed by atoms with Gasteiger partial charge in [-0.1, -0.05) is 22.0 Å². The van der Waals surface area contributed by atoms with E-state index in [1.165, 1.54) is 7.11 Å². The average Bonchev–Trinajstić information content (AvgIpc) is 2.28. The quantitative estimate of drug-likeness (QED) is 0.849. The third-order valence-corrected chi connectivity index (χ3v) is 2.75. The first-order chi connectivity index (χ1) is 8.04. The standard InChI is InChI=1S/C12H16BrNO3/c1-8(14)10-4-3-9(13)7-11(10)17-6-5-12(15)16-2/h3-4,7-8H,5-6,14H2,1-2H3/t8-/m1/s1. The molecule has 0 heterocycles. The molecule has 5 heteroatoms. The summed E-state index contributed by atoms with van der Waals surface area (Å²) in [6, 6.07) is 5.54. The van der Waals surface area contributed by atoms with Crippen LogP contribution in [0.2, 0.25) is 0 Å². The maximum Gasteiger partial charge on any atom is 0.308 e. The van der Waals surface area contributed by atoms with Crippen LogP contribution in [0.1, 0.15) is 24.9 Å². The van der Waals surface area contributed by atoms with Crippen molar-refractivity contribution >= 4 is 21.9 Å². The number of benzene rings is 1. The largest absolute Gasteiger partial charge is 0.493 e. The third-order valence-electron chi connectivity index (χ3n) is 2.26. The zero-order chi connectivity index (χ0) is 12.8. The first-order valence-electron chi connectivity index (χ1n) is 5.29. The Balaban J connectivity index is 2.68. The number of hydrogen-bond acceptors (Lipinski definition) is 4. The minimum Gasteiger partial charge on any atom is -0.493 e. The highest BCUT2D eigenvalue weighted by Crippen LogP contribution is 2.27. The molecule has 0 amide bonds. The highest BCUT2D eigenvalue weighted by atomic mass is 79.9. The van der Waals surface area contributed by atoms with Crippen molar-refractivity contribution in [2.24, 2.45) is 5.73 Å². The average molecular weight is 302 g/mol. The summed E-state index contributed by atoms with van der Waals surface area (Å²) in [5.74, 6) is 0.403. The molecule has 0 aliphatic carbocycles. The van der Waals surface area contributed by atoms with Gasteiger partial charge in [0, 0.05) is 16.1 Å². The summed E-state index contributed by atoms with van der Waals surface area (Å²) in [6.07, 6.45) is 0.224. The SMILES string of the molecule is COC(=O)CCOc1cc(Br)ccc1[C@@H](C)N. The van der Waals surface area contributed by atoms with Crippen LogP contribution in [-0.4, -0.2) is 19.7 Å². The number of ether oxygens (including phenoxy) is 2. The van der Waals surface area contributed by atoms with Crippen LogP contribution in [0.15, 0.2) is 22.7 Å². The summed E-state index contributed by atoms with van der Waals surface area (Å²) in [5, 5.41) is 0. The smallest absolute Gasteiger partial charge is 0.308 e. The molecule has 0 fully saturated rings. The van der Waals surface area contributed by atoms with Crippen LogP contribution in [0, 0.1) is 0 Å². The lowest BCUT2D eigenvalue weighted by atomic mass is 10.1. The highest BCUT2D eigenvalue weighted by molar-refractivity contribution is 9.10. The van der Waals surface area contributed by atoms with Crippen LogP contribution in [0.3, 0.4) is 0 Å². The van der Waals surface area contributed by atoms with Crippen molar-refractivity contribution in [3.8, 4) is 5.75 Å². The van der Waals surface area contributed by atoms with Crippen LogP contribution in [0.25, 0.3) is 0 Å². The minimum absolute atomic E-state index is 0.115. The summed E-state index contributed by atoms with van der Waals surface area (Å²) in [4.78, 5) is 11.0. The van der Waals surface area contributed by atoms with E-state index in [4.69, 9.17) is 10.5 Å². The van der Waals surface area contributed by atoms with Gasteiger partial charge in [0.25, 0.3) is 0 Å². The topological polar surface area (TPSA) is 61.5 Å². The van der Waals surface area contributed by atoms with Gasteiger partial charge in [-0.2, -0.15) is 0 Å². The van der Waals surface area contributed by atoms with E-state index in [1.807, 2.05) is 25.1 Å². The summed E-state index contributed by atoms with van der Waals surface area (Å²) in [5.41, 5.74) is 6.75. The van der Waals surface area contributed by atoms with Gasteiger partial charge in [-0.15, -0.1) is 0 Å². The van der Waals surface area contributed by atoms with E-state index in [1.54, 1.807) is 0 Å². The van der Waals surface area contributed by atoms with Gasteiger partial charge in [0.2, 0.25) is 0 Å². The first kappa shape index (κ1) is 14.0. The number of nitrogens with two attached hydrogens (primary N) is 1. The molecule has 17 heavy (non-hydrogen) atoms. The highest BCUT2D eigenvalue weighted by Gasteiger charge is 2.09. The van der Waals surface area contributed by atoms with Crippen molar-refractivity contribution < 1.29 is 14.3 Å². The fraction of sp³-hybridized carbons (Fsp3) is 0.417. The summed E-state index contributed by atoms with van der Waals surface area (Å²) < 4.78 is 11.0. The van der Waals surface area contributed by atoms with Crippen LogP contribution >= 0.6 is 15.9 Å². The Morgan fingerprint density at radius 2 is 2.24 bits per heavy atom. The van der Waals surface area contributed by atoms with Gasteiger partial charge < -0.3 is 15.2 Å². The van der Waals surface area contributed by atoms with Gasteiger partial charge in [-0.3, -0.25) is 4.79 Å². The molecule has 2 N–H and O–H groups in total. The molecule has 1 atom stereocenters. The van der Waals surface area contributed by atoms with E-state index in [-0.39, 0.29) is 25.0 Å². The molecule has 0 aliphatic heterocycles. The molecular weight excluding hydrogens is 286 g/mol. The number of hydrogen-bond donors (Lipinski definition) is 1. The predicted molar refractivity (Wildman–Crippen MR) is 68.9 cm³/mol. The van der Waals surface area contributed by atoms with Gasteiger partial charge in [-0.05, 0) is 19.1 Å². The Bertz CT molecular complexity index is 393. The number of methoxy groups -OCH3 is 1. The predicted octanol–water partition coefficient (Wildman–Crippen LogP) is 2.41. The Morgan fingerprint density at radius 1 is 1.53 bits per heavy atom. The van der Waals surface area contributed by atoms with Gasteiger partial charge in [0.1, 0.15) is 5.75 Å². The molecule has 1 rings (SSSR count). The van der Waals surface area contributed by atoms with Crippen molar-refractivity contribution in [1.29, 1.82) is 0 Å². The van der Waals surface area contributed by atoms with Crippen molar-refractivity contribution in [1.82, 2.24) is 0 Å². The minimum atomic E-state index is -0.289. The molecule has 1 aromatic rings. The number of carbonyl (C=O) groups excluding carboxylic acids is 1. The van der Waals surface area contributed by atoms with E-state index in [0.717, 1.165) is 10.0 Å². The van der Waals surface area contributed by atoms with E-state index in [0.29, 0.717) is 5.75 Å². The molecule has 94 valence electrons. The number of halogens is 1. The lowest BCUT2D eigenvalue weighted by molar-refractivity contribution is -0.141. The second-order valence-electron chi connectivity index (χ2n) is 3.65. The second kappa shape index (κ2) is 6.61. The van der Waals surface area contributed by atoms with E-state index >= 15 is 0 Å². The Kier molecular flexibility index (Phi) is 5.44. The van der Waals surface area contributed by atoms with Crippen molar-refractivity contribution in [3.63, 3.8) is 0 Å². The Labute approximate surface area is 109 Å². The zero-order valence-electron chi connectivity index (χ0n) is 9.90. The maximum atomic E-state index is 11.0. The molecule has 0 unspecified atom stereocenters. The Morgan fingerprint density at radius 3 is 2.82 bits per heavy atom. The lowest BCUT2D eigenvalue weighted by Crippen LogP contribution is -2.11. The normalized spacial score (nSPS) is 12.0. The Hall–Kier alpha value is -1.07. The summed E-state index contributed by atoms with van der Waals surface area (Å²) in [7, 11) is 1.36. The molecule has 0 aromatic heterocycles. The molecule has 4 nitrogen and oxygen atoms in total. The maximum absolute atomic E-state index is 11.0. The van der Waals surface area contributed by atoms with E-state index < -0.39 is 0 Å². The van der Waals surface area contributed by atoms with Crippen LogP contribution < -0.4 is 10.5 Å². The second-order valence-corrected chi connectivity index (χ2v) is 4.56.